The van der Waals surface area contributed by atoms with Crippen LogP contribution >= 0.6 is 0 Å². The first-order chi connectivity index (χ1) is 10.3. The van der Waals surface area contributed by atoms with Crippen LogP contribution in [0.4, 0.5) is 0 Å². The van der Waals surface area contributed by atoms with Gasteiger partial charge in [-0.2, -0.15) is 4.31 Å². The van der Waals surface area contributed by atoms with Gasteiger partial charge in [-0.05, 0) is 25.8 Å². The molecule has 2 atom stereocenters. The Hall–Kier alpha value is -1.40. The average Bonchev–Trinajstić information content (AvgIpc) is 2.46. The molecule has 1 amide bonds. The van der Waals surface area contributed by atoms with Crippen molar-refractivity contribution >= 4 is 15.9 Å². The van der Waals surface area contributed by atoms with E-state index in [4.69, 9.17) is 0 Å². The van der Waals surface area contributed by atoms with Crippen molar-refractivity contribution in [1.82, 2.24) is 9.62 Å². The monoisotopic (exact) mass is 326 g/mol. The first-order valence-corrected chi connectivity index (χ1v) is 9.41. The van der Waals surface area contributed by atoms with Crippen LogP contribution in [0.3, 0.4) is 0 Å². The van der Waals surface area contributed by atoms with E-state index in [1.807, 2.05) is 51.1 Å². The molecular weight excluding hydrogens is 300 g/mol. The van der Waals surface area contributed by atoms with E-state index in [0.29, 0.717) is 0 Å². The van der Waals surface area contributed by atoms with Crippen molar-refractivity contribution < 1.29 is 13.2 Å². The highest BCUT2D eigenvalue weighted by Gasteiger charge is 2.22. The molecule has 0 saturated carbocycles. The van der Waals surface area contributed by atoms with E-state index in [-0.39, 0.29) is 31.0 Å². The molecule has 0 aliphatic rings. The largest absolute Gasteiger partial charge is 0.350 e. The van der Waals surface area contributed by atoms with Gasteiger partial charge in [0.1, 0.15) is 0 Å². The maximum Gasteiger partial charge on any atom is 0.221 e. The van der Waals surface area contributed by atoms with Gasteiger partial charge in [0.25, 0.3) is 0 Å². The molecule has 22 heavy (non-hydrogen) atoms. The lowest BCUT2D eigenvalue weighted by atomic mass is 10.1. The van der Waals surface area contributed by atoms with Gasteiger partial charge in [0.15, 0.2) is 0 Å². The third-order valence-corrected chi connectivity index (χ3v) is 5.14. The molecule has 1 aromatic rings. The first-order valence-electron chi connectivity index (χ1n) is 7.56. The van der Waals surface area contributed by atoms with Crippen molar-refractivity contribution in [3.63, 3.8) is 0 Å². The topological polar surface area (TPSA) is 66.5 Å². The number of hydrogen-bond donors (Lipinski definition) is 1. The van der Waals surface area contributed by atoms with Gasteiger partial charge in [0, 0.05) is 19.0 Å². The predicted molar refractivity (Wildman–Crippen MR) is 88.9 cm³/mol. The lowest BCUT2D eigenvalue weighted by Crippen LogP contribution is -2.40. The van der Waals surface area contributed by atoms with Gasteiger partial charge in [-0.15, -0.1) is 0 Å². The standard InChI is InChI=1S/C16H26N2O3S/c1-5-13(2)18(22(4,20)21)12-11-16(19)17-14(3)15-9-7-6-8-10-15/h6-10,13-14H,5,11-12H2,1-4H3,(H,17,19). The van der Waals surface area contributed by atoms with E-state index in [2.05, 4.69) is 5.32 Å². The Morgan fingerprint density at radius 3 is 2.32 bits per heavy atom. The Balaban J connectivity index is 2.57. The molecule has 0 spiro atoms. The summed E-state index contributed by atoms with van der Waals surface area (Å²) in [4.78, 5) is 12.0. The number of carbonyl (C=O) groups excluding carboxylic acids is 1. The fourth-order valence-electron chi connectivity index (χ4n) is 2.27. The molecule has 124 valence electrons. The number of amides is 1. The summed E-state index contributed by atoms with van der Waals surface area (Å²) in [5.41, 5.74) is 1.03. The highest BCUT2D eigenvalue weighted by Crippen LogP contribution is 2.12. The van der Waals surface area contributed by atoms with Crippen molar-refractivity contribution in [2.24, 2.45) is 0 Å². The zero-order valence-corrected chi connectivity index (χ0v) is 14.6. The van der Waals surface area contributed by atoms with Gasteiger partial charge in [0.2, 0.25) is 15.9 Å². The zero-order chi connectivity index (χ0) is 16.8. The number of benzene rings is 1. The van der Waals surface area contributed by atoms with Gasteiger partial charge in [0.05, 0.1) is 12.3 Å². The van der Waals surface area contributed by atoms with E-state index in [1.54, 1.807) is 0 Å². The predicted octanol–water partition coefficient (Wildman–Crippen LogP) is 2.31. The number of nitrogens with zero attached hydrogens (tertiary/aromatic N) is 1. The number of rotatable bonds is 8. The van der Waals surface area contributed by atoms with Gasteiger partial charge in [-0.1, -0.05) is 37.3 Å². The second-order valence-electron chi connectivity index (χ2n) is 5.58. The molecule has 2 unspecified atom stereocenters. The van der Waals surface area contributed by atoms with E-state index >= 15 is 0 Å². The van der Waals surface area contributed by atoms with Crippen LogP contribution in [-0.4, -0.2) is 37.5 Å². The summed E-state index contributed by atoms with van der Waals surface area (Å²) in [6, 6.07) is 9.48. The van der Waals surface area contributed by atoms with Gasteiger partial charge in [-0.3, -0.25) is 4.79 Å². The molecular formula is C16H26N2O3S. The summed E-state index contributed by atoms with van der Waals surface area (Å²) >= 11 is 0. The van der Waals surface area contributed by atoms with Crippen LogP contribution in [0.15, 0.2) is 30.3 Å². The van der Waals surface area contributed by atoms with Crippen molar-refractivity contribution in [1.29, 1.82) is 0 Å². The number of hydrogen-bond acceptors (Lipinski definition) is 3. The molecule has 5 nitrogen and oxygen atoms in total. The molecule has 1 N–H and O–H groups in total. The summed E-state index contributed by atoms with van der Waals surface area (Å²) in [6.07, 6.45) is 2.06. The summed E-state index contributed by atoms with van der Waals surface area (Å²) in [5, 5.41) is 2.90. The highest BCUT2D eigenvalue weighted by atomic mass is 32.2. The minimum Gasteiger partial charge on any atom is -0.350 e. The van der Waals surface area contributed by atoms with Crippen molar-refractivity contribution in [3.8, 4) is 0 Å². The number of nitrogens with one attached hydrogen (secondary N) is 1. The minimum absolute atomic E-state index is 0.0935. The molecule has 0 radical (unpaired) electrons. The normalized spacial score (nSPS) is 14.6. The van der Waals surface area contributed by atoms with E-state index < -0.39 is 10.0 Å². The zero-order valence-electron chi connectivity index (χ0n) is 13.7. The first kappa shape index (κ1) is 18.6. The highest BCUT2D eigenvalue weighted by molar-refractivity contribution is 7.88. The summed E-state index contributed by atoms with van der Waals surface area (Å²) in [5.74, 6) is -0.145. The smallest absolute Gasteiger partial charge is 0.221 e. The molecule has 1 aromatic carbocycles. The third-order valence-electron chi connectivity index (χ3n) is 3.74. The molecule has 0 bridgehead atoms. The number of sulfonamides is 1. The van der Waals surface area contributed by atoms with Crippen LogP contribution in [0.1, 0.15) is 45.2 Å². The molecule has 0 aliphatic carbocycles. The molecule has 1 rings (SSSR count). The van der Waals surface area contributed by atoms with E-state index in [1.165, 1.54) is 10.6 Å². The second-order valence-corrected chi connectivity index (χ2v) is 7.52. The van der Waals surface area contributed by atoms with Crippen LogP contribution < -0.4 is 5.32 Å². The van der Waals surface area contributed by atoms with Crippen molar-refractivity contribution in [3.05, 3.63) is 35.9 Å². The molecule has 0 aliphatic heterocycles. The van der Waals surface area contributed by atoms with Crippen LogP contribution in [0.5, 0.6) is 0 Å². The van der Waals surface area contributed by atoms with Gasteiger partial charge >= 0.3 is 0 Å². The minimum atomic E-state index is -3.30. The molecule has 0 heterocycles. The lowest BCUT2D eigenvalue weighted by Gasteiger charge is -2.26. The van der Waals surface area contributed by atoms with Crippen molar-refractivity contribution in [2.45, 2.75) is 45.7 Å². The molecule has 6 heteroatoms. The quantitative estimate of drug-likeness (QED) is 0.797. The lowest BCUT2D eigenvalue weighted by molar-refractivity contribution is -0.121. The van der Waals surface area contributed by atoms with E-state index in [9.17, 15) is 13.2 Å². The maximum absolute atomic E-state index is 12.0. The van der Waals surface area contributed by atoms with Crippen LogP contribution in [0.25, 0.3) is 0 Å². The van der Waals surface area contributed by atoms with Gasteiger partial charge in [-0.25, -0.2) is 8.42 Å². The molecule has 0 fully saturated rings. The average molecular weight is 326 g/mol. The molecule has 0 aromatic heterocycles. The van der Waals surface area contributed by atoms with Crippen LogP contribution in [0, 0.1) is 0 Å². The van der Waals surface area contributed by atoms with Crippen molar-refractivity contribution in [2.75, 3.05) is 12.8 Å². The maximum atomic E-state index is 12.0. The molecule has 0 saturated heterocycles. The Labute approximate surface area is 133 Å². The Bertz CT molecular complexity index is 572. The summed E-state index contributed by atoms with van der Waals surface area (Å²) in [6.45, 7) is 5.91. The number of carbonyl (C=O) groups is 1. The fraction of sp³-hybridized carbons (Fsp3) is 0.562. The summed E-state index contributed by atoms with van der Waals surface area (Å²) < 4.78 is 25.0. The third kappa shape index (κ3) is 5.77. The van der Waals surface area contributed by atoms with Crippen LogP contribution in [-0.2, 0) is 14.8 Å². The van der Waals surface area contributed by atoms with Crippen LogP contribution in [0.2, 0.25) is 0 Å². The SMILES string of the molecule is CCC(C)N(CCC(=O)NC(C)c1ccccc1)S(C)(=O)=O. The fourth-order valence-corrected chi connectivity index (χ4v) is 3.49. The van der Waals surface area contributed by atoms with E-state index in [0.717, 1.165) is 12.0 Å². The van der Waals surface area contributed by atoms with Gasteiger partial charge < -0.3 is 5.32 Å². The Morgan fingerprint density at radius 1 is 1.23 bits per heavy atom. The summed E-state index contributed by atoms with van der Waals surface area (Å²) in [7, 11) is -3.30. The Morgan fingerprint density at radius 2 is 1.82 bits per heavy atom. The Kier molecular flexibility index (Phi) is 7.03. The second kappa shape index (κ2) is 8.29.